The third-order valence-electron chi connectivity index (χ3n) is 4.01. The predicted octanol–water partition coefficient (Wildman–Crippen LogP) is 6.94. The lowest BCUT2D eigenvalue weighted by atomic mass is 10.0. The second-order valence-corrected chi connectivity index (χ2v) is 5.82. The Kier molecular flexibility index (Phi) is 4.66. The largest absolute Gasteiger partial charge is 0.457 e. The Morgan fingerprint density at radius 1 is 0.346 bits per heavy atom. The van der Waals surface area contributed by atoms with Crippen molar-refractivity contribution in [2.45, 2.75) is 0 Å². The van der Waals surface area contributed by atoms with Gasteiger partial charge in [0.25, 0.3) is 0 Å². The predicted molar refractivity (Wildman–Crippen MR) is 105 cm³/mol. The van der Waals surface area contributed by atoms with Crippen LogP contribution in [-0.2, 0) is 0 Å². The van der Waals surface area contributed by atoms with Gasteiger partial charge in [-0.05, 0) is 36.4 Å². The number of hydrogen-bond donors (Lipinski definition) is 0. The molecule has 0 heterocycles. The standard InChI is InChI=1S/C24H18O2/c1-3-11-19(12-4-1)25-23-17-9-7-15-21(23)22-16-8-10-18-24(22)26-20-13-5-2-6-14-20/h1-18H. The van der Waals surface area contributed by atoms with Crippen molar-refractivity contribution >= 4 is 0 Å². The van der Waals surface area contributed by atoms with Gasteiger partial charge in [0.15, 0.2) is 0 Å². The average molecular weight is 338 g/mol. The highest BCUT2D eigenvalue weighted by Crippen LogP contribution is 2.39. The molecule has 0 spiro atoms. The molecule has 0 saturated heterocycles. The second-order valence-electron chi connectivity index (χ2n) is 5.82. The van der Waals surface area contributed by atoms with Gasteiger partial charge in [0.2, 0.25) is 0 Å². The van der Waals surface area contributed by atoms with E-state index in [0.717, 1.165) is 34.1 Å². The van der Waals surface area contributed by atoms with E-state index in [9.17, 15) is 0 Å². The maximum absolute atomic E-state index is 6.11. The van der Waals surface area contributed by atoms with Crippen LogP contribution in [0.15, 0.2) is 109 Å². The maximum atomic E-state index is 6.11. The van der Waals surface area contributed by atoms with Crippen LogP contribution in [0.25, 0.3) is 11.1 Å². The first-order valence-corrected chi connectivity index (χ1v) is 8.54. The molecule has 126 valence electrons. The average Bonchev–Trinajstić information content (AvgIpc) is 2.71. The quantitative estimate of drug-likeness (QED) is 0.392. The molecule has 0 aromatic heterocycles. The van der Waals surface area contributed by atoms with Crippen LogP contribution in [0.1, 0.15) is 0 Å². The molecular formula is C24H18O2. The number of para-hydroxylation sites is 4. The summed E-state index contributed by atoms with van der Waals surface area (Å²) in [5, 5.41) is 0. The molecule has 4 rings (SSSR count). The molecule has 2 heteroatoms. The fraction of sp³-hybridized carbons (Fsp3) is 0. The van der Waals surface area contributed by atoms with Gasteiger partial charge in [-0.2, -0.15) is 0 Å². The minimum Gasteiger partial charge on any atom is -0.457 e. The summed E-state index contributed by atoms with van der Waals surface area (Å²) in [7, 11) is 0. The van der Waals surface area contributed by atoms with Gasteiger partial charge in [0, 0.05) is 11.1 Å². The van der Waals surface area contributed by atoms with E-state index in [0.29, 0.717) is 0 Å². The van der Waals surface area contributed by atoms with Gasteiger partial charge in [0.05, 0.1) is 0 Å². The molecule has 0 saturated carbocycles. The van der Waals surface area contributed by atoms with Crippen LogP contribution in [-0.4, -0.2) is 0 Å². The molecular weight excluding hydrogens is 320 g/mol. The van der Waals surface area contributed by atoms with Gasteiger partial charge in [-0.3, -0.25) is 0 Å². The summed E-state index contributed by atoms with van der Waals surface area (Å²) >= 11 is 0. The lowest BCUT2D eigenvalue weighted by molar-refractivity contribution is 0.477. The lowest BCUT2D eigenvalue weighted by Gasteiger charge is -2.15. The molecule has 26 heavy (non-hydrogen) atoms. The topological polar surface area (TPSA) is 18.5 Å². The minimum atomic E-state index is 0.794. The van der Waals surface area contributed by atoms with Crippen LogP contribution in [0.2, 0.25) is 0 Å². The Labute approximate surface area is 153 Å². The molecule has 0 aliphatic rings. The number of hydrogen-bond acceptors (Lipinski definition) is 2. The third kappa shape index (κ3) is 3.60. The molecule has 0 bridgehead atoms. The van der Waals surface area contributed by atoms with Crippen molar-refractivity contribution in [3.8, 4) is 34.1 Å². The molecule has 4 aromatic carbocycles. The molecule has 0 N–H and O–H groups in total. The fourth-order valence-corrected chi connectivity index (χ4v) is 2.79. The van der Waals surface area contributed by atoms with E-state index in [4.69, 9.17) is 9.47 Å². The maximum Gasteiger partial charge on any atom is 0.135 e. The number of benzene rings is 4. The Balaban J connectivity index is 1.72. The summed E-state index contributed by atoms with van der Waals surface area (Å²) in [4.78, 5) is 0. The summed E-state index contributed by atoms with van der Waals surface area (Å²) in [6.07, 6.45) is 0. The van der Waals surface area contributed by atoms with E-state index in [1.54, 1.807) is 0 Å². The van der Waals surface area contributed by atoms with Crippen LogP contribution < -0.4 is 9.47 Å². The van der Waals surface area contributed by atoms with Crippen molar-refractivity contribution in [2.24, 2.45) is 0 Å². The van der Waals surface area contributed by atoms with Gasteiger partial charge in [-0.25, -0.2) is 0 Å². The molecule has 0 aliphatic carbocycles. The highest BCUT2D eigenvalue weighted by molar-refractivity contribution is 5.76. The highest BCUT2D eigenvalue weighted by atomic mass is 16.5. The molecule has 2 nitrogen and oxygen atoms in total. The van der Waals surface area contributed by atoms with E-state index in [2.05, 4.69) is 0 Å². The van der Waals surface area contributed by atoms with Crippen molar-refractivity contribution in [3.63, 3.8) is 0 Å². The third-order valence-corrected chi connectivity index (χ3v) is 4.01. The SMILES string of the molecule is c1ccc(Oc2ccccc2-c2ccccc2Oc2ccccc2)cc1. The first kappa shape index (κ1) is 16.0. The Morgan fingerprint density at radius 3 is 1.12 bits per heavy atom. The first-order chi connectivity index (χ1) is 12.9. The second kappa shape index (κ2) is 7.58. The van der Waals surface area contributed by atoms with E-state index in [1.807, 2.05) is 109 Å². The Bertz CT molecular complexity index is 896. The first-order valence-electron chi connectivity index (χ1n) is 8.54. The summed E-state index contributed by atoms with van der Waals surface area (Å²) in [6, 6.07) is 35.6. The van der Waals surface area contributed by atoms with Gasteiger partial charge in [-0.1, -0.05) is 72.8 Å². The van der Waals surface area contributed by atoms with Gasteiger partial charge >= 0.3 is 0 Å². The van der Waals surface area contributed by atoms with Crippen molar-refractivity contribution in [1.29, 1.82) is 0 Å². The Hall–Kier alpha value is -3.52. The molecule has 0 fully saturated rings. The molecule has 0 unspecified atom stereocenters. The van der Waals surface area contributed by atoms with E-state index >= 15 is 0 Å². The van der Waals surface area contributed by atoms with Crippen LogP contribution in [0.5, 0.6) is 23.0 Å². The Morgan fingerprint density at radius 2 is 0.692 bits per heavy atom. The molecule has 0 aliphatic heterocycles. The number of ether oxygens (including phenoxy) is 2. The van der Waals surface area contributed by atoms with Gasteiger partial charge < -0.3 is 9.47 Å². The smallest absolute Gasteiger partial charge is 0.135 e. The zero-order valence-electron chi connectivity index (χ0n) is 14.2. The minimum absolute atomic E-state index is 0.794. The van der Waals surface area contributed by atoms with E-state index < -0.39 is 0 Å². The zero-order valence-corrected chi connectivity index (χ0v) is 14.2. The number of rotatable bonds is 5. The molecule has 0 radical (unpaired) electrons. The summed E-state index contributed by atoms with van der Waals surface area (Å²) in [5.74, 6) is 3.20. The van der Waals surface area contributed by atoms with Crippen LogP contribution in [0, 0.1) is 0 Å². The normalized spacial score (nSPS) is 10.3. The van der Waals surface area contributed by atoms with Gasteiger partial charge in [0.1, 0.15) is 23.0 Å². The highest BCUT2D eigenvalue weighted by Gasteiger charge is 2.12. The van der Waals surface area contributed by atoms with Crippen LogP contribution >= 0.6 is 0 Å². The van der Waals surface area contributed by atoms with Gasteiger partial charge in [-0.15, -0.1) is 0 Å². The summed E-state index contributed by atoms with van der Waals surface area (Å²) < 4.78 is 12.2. The van der Waals surface area contributed by atoms with Crippen molar-refractivity contribution in [2.75, 3.05) is 0 Å². The van der Waals surface area contributed by atoms with E-state index in [-0.39, 0.29) is 0 Å². The molecule has 0 atom stereocenters. The van der Waals surface area contributed by atoms with Crippen LogP contribution in [0.3, 0.4) is 0 Å². The molecule has 0 amide bonds. The van der Waals surface area contributed by atoms with Crippen LogP contribution in [0.4, 0.5) is 0 Å². The van der Waals surface area contributed by atoms with E-state index in [1.165, 1.54) is 0 Å². The summed E-state index contributed by atoms with van der Waals surface area (Å²) in [6.45, 7) is 0. The van der Waals surface area contributed by atoms with Crippen molar-refractivity contribution in [3.05, 3.63) is 109 Å². The fourth-order valence-electron chi connectivity index (χ4n) is 2.79. The van der Waals surface area contributed by atoms with Crippen molar-refractivity contribution < 1.29 is 9.47 Å². The summed E-state index contributed by atoms with van der Waals surface area (Å²) in [5.41, 5.74) is 1.98. The monoisotopic (exact) mass is 338 g/mol. The lowest BCUT2D eigenvalue weighted by Crippen LogP contribution is -1.91. The van der Waals surface area contributed by atoms with Crippen molar-refractivity contribution in [1.82, 2.24) is 0 Å². The zero-order chi connectivity index (χ0) is 17.6. The molecule has 4 aromatic rings.